The number of benzene rings is 1. The Morgan fingerprint density at radius 2 is 2.05 bits per heavy atom. The lowest BCUT2D eigenvalue weighted by atomic mass is 10.1. The first-order chi connectivity index (χ1) is 9.58. The van der Waals surface area contributed by atoms with Gasteiger partial charge in [-0.25, -0.2) is 4.79 Å². The van der Waals surface area contributed by atoms with Crippen LogP contribution in [0.2, 0.25) is 0 Å². The van der Waals surface area contributed by atoms with Gasteiger partial charge in [-0.1, -0.05) is 18.2 Å². The van der Waals surface area contributed by atoms with Gasteiger partial charge in [0.2, 0.25) is 0 Å². The molecule has 0 heterocycles. The number of aliphatic carboxylic acids is 1. The summed E-state index contributed by atoms with van der Waals surface area (Å²) in [5.41, 5.74) is 1.18. The van der Waals surface area contributed by atoms with Crippen molar-refractivity contribution in [3.05, 3.63) is 48.0 Å². The van der Waals surface area contributed by atoms with Crippen LogP contribution in [0.15, 0.2) is 36.9 Å². The van der Waals surface area contributed by atoms with Crippen LogP contribution >= 0.6 is 0 Å². The molecule has 1 unspecified atom stereocenters. The molecule has 1 amide bonds. The van der Waals surface area contributed by atoms with Crippen molar-refractivity contribution in [3.63, 3.8) is 0 Å². The number of carboxylic acids is 1. The second-order valence-electron chi connectivity index (χ2n) is 4.26. The lowest BCUT2D eigenvalue weighted by molar-refractivity contribution is -0.139. The lowest BCUT2D eigenvalue weighted by Crippen LogP contribution is -2.40. The summed E-state index contributed by atoms with van der Waals surface area (Å²) in [7, 11) is 0. The maximum absolute atomic E-state index is 11.9. The second kappa shape index (κ2) is 7.74. The first-order valence-electron chi connectivity index (χ1n) is 6.19. The fraction of sp³-hybridized carbons (Fsp3) is 0.267. The SMILES string of the molecule is C=CCCC(NC(=O)c1ccc(CC#N)cc1)C(=O)O. The van der Waals surface area contributed by atoms with Crippen LogP contribution in [0.5, 0.6) is 0 Å². The number of nitriles is 1. The Morgan fingerprint density at radius 1 is 1.40 bits per heavy atom. The smallest absolute Gasteiger partial charge is 0.326 e. The van der Waals surface area contributed by atoms with Gasteiger partial charge in [-0.05, 0) is 30.5 Å². The molecule has 0 aliphatic heterocycles. The molecular weight excluding hydrogens is 256 g/mol. The Labute approximate surface area is 117 Å². The van der Waals surface area contributed by atoms with E-state index in [0.717, 1.165) is 5.56 Å². The van der Waals surface area contributed by atoms with E-state index in [4.69, 9.17) is 10.4 Å². The number of hydrogen-bond donors (Lipinski definition) is 2. The molecule has 1 rings (SSSR count). The summed E-state index contributed by atoms with van der Waals surface area (Å²) in [6, 6.07) is 7.60. The minimum Gasteiger partial charge on any atom is -0.480 e. The zero-order valence-electron chi connectivity index (χ0n) is 11.0. The van der Waals surface area contributed by atoms with E-state index >= 15 is 0 Å². The van der Waals surface area contributed by atoms with E-state index in [0.29, 0.717) is 18.4 Å². The van der Waals surface area contributed by atoms with Gasteiger partial charge in [0.15, 0.2) is 0 Å². The average molecular weight is 272 g/mol. The fourth-order valence-corrected chi connectivity index (χ4v) is 1.65. The van der Waals surface area contributed by atoms with Crippen LogP contribution in [0.4, 0.5) is 0 Å². The normalized spacial score (nSPS) is 11.2. The van der Waals surface area contributed by atoms with Gasteiger partial charge in [-0.3, -0.25) is 4.79 Å². The Morgan fingerprint density at radius 3 is 2.55 bits per heavy atom. The van der Waals surface area contributed by atoms with Gasteiger partial charge in [-0.15, -0.1) is 6.58 Å². The summed E-state index contributed by atoms with van der Waals surface area (Å²) in [5.74, 6) is -1.51. The van der Waals surface area contributed by atoms with E-state index in [9.17, 15) is 9.59 Å². The van der Waals surface area contributed by atoms with Gasteiger partial charge >= 0.3 is 5.97 Å². The van der Waals surface area contributed by atoms with Gasteiger partial charge < -0.3 is 10.4 Å². The molecule has 1 atom stereocenters. The molecule has 5 heteroatoms. The quantitative estimate of drug-likeness (QED) is 0.742. The Bertz CT molecular complexity index is 529. The summed E-state index contributed by atoms with van der Waals surface area (Å²) in [5, 5.41) is 20.1. The molecule has 2 N–H and O–H groups in total. The van der Waals surface area contributed by atoms with Crippen molar-refractivity contribution in [1.82, 2.24) is 5.32 Å². The predicted molar refractivity (Wildman–Crippen MR) is 74.1 cm³/mol. The van der Waals surface area contributed by atoms with Gasteiger partial charge in [0.1, 0.15) is 6.04 Å². The Hall–Kier alpha value is -2.61. The summed E-state index contributed by atoms with van der Waals surface area (Å²) < 4.78 is 0. The summed E-state index contributed by atoms with van der Waals surface area (Å²) in [4.78, 5) is 23.0. The third-order valence-electron chi connectivity index (χ3n) is 2.76. The maximum atomic E-state index is 11.9. The van der Waals surface area contributed by atoms with Crippen molar-refractivity contribution in [2.24, 2.45) is 0 Å². The van der Waals surface area contributed by atoms with Gasteiger partial charge in [-0.2, -0.15) is 5.26 Å². The average Bonchev–Trinajstić information content (AvgIpc) is 2.44. The molecule has 1 aromatic carbocycles. The lowest BCUT2D eigenvalue weighted by Gasteiger charge is -2.13. The molecule has 0 bridgehead atoms. The van der Waals surface area contributed by atoms with E-state index < -0.39 is 17.9 Å². The Balaban J connectivity index is 2.70. The zero-order valence-corrected chi connectivity index (χ0v) is 11.0. The van der Waals surface area contributed by atoms with Crippen molar-refractivity contribution in [3.8, 4) is 6.07 Å². The maximum Gasteiger partial charge on any atom is 0.326 e. The van der Waals surface area contributed by atoms with Gasteiger partial charge in [0.05, 0.1) is 12.5 Å². The highest BCUT2D eigenvalue weighted by Gasteiger charge is 2.19. The molecule has 20 heavy (non-hydrogen) atoms. The number of carbonyl (C=O) groups excluding carboxylic acids is 1. The molecule has 0 fully saturated rings. The van der Waals surface area contributed by atoms with Crippen molar-refractivity contribution in [1.29, 1.82) is 5.26 Å². The van der Waals surface area contributed by atoms with Gasteiger partial charge in [0, 0.05) is 5.56 Å². The van der Waals surface area contributed by atoms with Crippen molar-refractivity contribution < 1.29 is 14.7 Å². The summed E-state index contributed by atoms with van der Waals surface area (Å²) in [6.07, 6.45) is 2.70. The zero-order chi connectivity index (χ0) is 15.0. The van der Waals surface area contributed by atoms with Crippen molar-refractivity contribution in [2.45, 2.75) is 25.3 Å². The first-order valence-corrected chi connectivity index (χ1v) is 6.19. The van der Waals surface area contributed by atoms with E-state index in [1.54, 1.807) is 30.3 Å². The van der Waals surface area contributed by atoms with Crippen LogP contribution in [0.3, 0.4) is 0 Å². The highest BCUT2D eigenvalue weighted by Crippen LogP contribution is 2.06. The number of allylic oxidation sites excluding steroid dienone is 1. The predicted octanol–water partition coefficient (Wildman–Crippen LogP) is 1.90. The highest BCUT2D eigenvalue weighted by molar-refractivity contribution is 5.96. The van der Waals surface area contributed by atoms with Crippen LogP contribution in [0, 0.1) is 11.3 Å². The third kappa shape index (κ3) is 4.58. The molecule has 0 spiro atoms. The minimum atomic E-state index is -1.07. The monoisotopic (exact) mass is 272 g/mol. The molecule has 104 valence electrons. The third-order valence-corrected chi connectivity index (χ3v) is 2.76. The fourth-order valence-electron chi connectivity index (χ4n) is 1.65. The number of rotatable bonds is 7. The van der Waals surface area contributed by atoms with Crippen LogP contribution in [0.1, 0.15) is 28.8 Å². The van der Waals surface area contributed by atoms with Gasteiger partial charge in [0.25, 0.3) is 5.91 Å². The molecule has 0 aliphatic carbocycles. The van der Waals surface area contributed by atoms with E-state index in [1.165, 1.54) is 0 Å². The van der Waals surface area contributed by atoms with E-state index in [2.05, 4.69) is 11.9 Å². The molecular formula is C15H16N2O3. The number of hydrogen-bond acceptors (Lipinski definition) is 3. The first kappa shape index (κ1) is 15.4. The van der Waals surface area contributed by atoms with E-state index in [-0.39, 0.29) is 6.42 Å². The molecule has 0 saturated heterocycles. The number of carbonyl (C=O) groups is 2. The largest absolute Gasteiger partial charge is 0.480 e. The minimum absolute atomic E-state index is 0.277. The second-order valence-corrected chi connectivity index (χ2v) is 4.26. The van der Waals surface area contributed by atoms with Crippen LogP contribution in [-0.4, -0.2) is 23.0 Å². The molecule has 0 aromatic heterocycles. The number of nitrogens with one attached hydrogen (secondary N) is 1. The Kier molecular flexibility index (Phi) is 5.98. The molecule has 1 aromatic rings. The standard InChI is InChI=1S/C15H16N2O3/c1-2-3-4-13(15(19)20)17-14(18)12-7-5-11(6-8-12)9-10-16/h2,5-8,13H,1,3-4,9H2,(H,17,18)(H,19,20). The topological polar surface area (TPSA) is 90.2 Å². The highest BCUT2D eigenvalue weighted by atomic mass is 16.4. The van der Waals surface area contributed by atoms with E-state index in [1.807, 2.05) is 6.07 Å². The summed E-state index contributed by atoms with van der Waals surface area (Å²) in [6.45, 7) is 3.52. The van der Waals surface area contributed by atoms with Crippen LogP contribution < -0.4 is 5.32 Å². The molecule has 5 nitrogen and oxygen atoms in total. The number of nitrogens with zero attached hydrogens (tertiary/aromatic N) is 1. The number of carboxylic acid groups (broad SMARTS) is 1. The molecule has 0 radical (unpaired) electrons. The molecule has 0 aliphatic rings. The molecule has 0 saturated carbocycles. The number of amides is 1. The van der Waals surface area contributed by atoms with Crippen LogP contribution in [-0.2, 0) is 11.2 Å². The van der Waals surface area contributed by atoms with Crippen molar-refractivity contribution in [2.75, 3.05) is 0 Å². The van der Waals surface area contributed by atoms with Crippen molar-refractivity contribution >= 4 is 11.9 Å². The summed E-state index contributed by atoms with van der Waals surface area (Å²) >= 11 is 0. The van der Waals surface area contributed by atoms with Crippen LogP contribution in [0.25, 0.3) is 0 Å².